The fourth-order valence-electron chi connectivity index (χ4n) is 3.50. The topological polar surface area (TPSA) is 71.7 Å². The van der Waals surface area contributed by atoms with Crippen LogP contribution in [-0.4, -0.2) is 36.9 Å². The van der Waals surface area contributed by atoms with Crippen molar-refractivity contribution in [3.05, 3.63) is 18.0 Å². The van der Waals surface area contributed by atoms with Crippen molar-refractivity contribution in [1.82, 2.24) is 15.8 Å². The Morgan fingerprint density at radius 1 is 1.55 bits per heavy atom. The number of hydrogen-bond donors (Lipinski definition) is 2. The maximum absolute atomic E-state index is 5.88. The van der Waals surface area contributed by atoms with Gasteiger partial charge < -0.3 is 19.9 Å². The summed E-state index contributed by atoms with van der Waals surface area (Å²) >= 11 is 0. The average Bonchev–Trinajstić information content (AvgIpc) is 2.92. The van der Waals surface area contributed by atoms with Gasteiger partial charge in [0.2, 0.25) is 0 Å². The highest BCUT2D eigenvalue weighted by molar-refractivity contribution is 14.0. The van der Waals surface area contributed by atoms with E-state index in [9.17, 15) is 0 Å². The second-order valence-corrected chi connectivity index (χ2v) is 5.88. The van der Waals surface area contributed by atoms with Crippen molar-refractivity contribution in [2.45, 2.75) is 51.3 Å². The van der Waals surface area contributed by atoms with Gasteiger partial charge in [0.05, 0.1) is 12.6 Å². The summed E-state index contributed by atoms with van der Waals surface area (Å²) < 4.78 is 10.7. The third-order valence-electron chi connectivity index (χ3n) is 4.90. The number of guanidine groups is 1. The van der Waals surface area contributed by atoms with E-state index in [1.807, 2.05) is 6.07 Å². The number of rotatable bonds is 5. The van der Waals surface area contributed by atoms with E-state index in [1.54, 1.807) is 13.3 Å². The molecule has 1 aromatic rings. The first-order chi connectivity index (χ1) is 10.3. The van der Waals surface area contributed by atoms with Gasteiger partial charge in [-0.3, -0.25) is 4.99 Å². The lowest BCUT2D eigenvalue weighted by molar-refractivity contribution is -0.168. The summed E-state index contributed by atoms with van der Waals surface area (Å²) in [4.78, 5) is 4.30. The molecule has 3 rings (SSSR count). The van der Waals surface area contributed by atoms with Gasteiger partial charge in [0.1, 0.15) is 12.0 Å². The second-order valence-electron chi connectivity index (χ2n) is 5.88. The molecule has 2 saturated carbocycles. The Morgan fingerprint density at radius 2 is 2.36 bits per heavy atom. The van der Waals surface area contributed by atoms with Crippen LogP contribution in [0.15, 0.2) is 21.8 Å². The minimum atomic E-state index is 0. The monoisotopic (exact) mass is 420 g/mol. The van der Waals surface area contributed by atoms with E-state index in [2.05, 4.69) is 27.7 Å². The van der Waals surface area contributed by atoms with Gasteiger partial charge in [-0.1, -0.05) is 11.6 Å². The van der Waals surface area contributed by atoms with Gasteiger partial charge in [0.15, 0.2) is 5.96 Å². The Hall–Kier alpha value is -0.830. The molecular formula is C15H25IN4O2. The van der Waals surface area contributed by atoms with Crippen molar-refractivity contribution >= 4 is 29.9 Å². The fourth-order valence-corrected chi connectivity index (χ4v) is 3.50. The molecule has 2 aliphatic rings. The van der Waals surface area contributed by atoms with Crippen LogP contribution in [0.25, 0.3) is 0 Å². The molecule has 0 aliphatic heterocycles. The van der Waals surface area contributed by atoms with E-state index in [-0.39, 0.29) is 24.0 Å². The quantitative estimate of drug-likeness (QED) is 0.435. The van der Waals surface area contributed by atoms with Gasteiger partial charge >= 0.3 is 0 Å². The summed E-state index contributed by atoms with van der Waals surface area (Å²) in [5, 5.41) is 10.7. The zero-order valence-corrected chi connectivity index (χ0v) is 15.5. The third-order valence-corrected chi connectivity index (χ3v) is 4.90. The van der Waals surface area contributed by atoms with Crippen LogP contribution in [-0.2, 0) is 11.3 Å². The summed E-state index contributed by atoms with van der Waals surface area (Å²) in [5.41, 5.74) is 1.21. The molecule has 6 nitrogen and oxygen atoms in total. The highest BCUT2D eigenvalue weighted by atomic mass is 127. The first-order valence-electron chi connectivity index (χ1n) is 7.76. The Balaban J connectivity index is 0.00000176. The van der Waals surface area contributed by atoms with Crippen LogP contribution in [0.5, 0.6) is 0 Å². The van der Waals surface area contributed by atoms with Crippen molar-refractivity contribution in [2.24, 2.45) is 10.4 Å². The van der Waals surface area contributed by atoms with Gasteiger partial charge in [-0.05, 0) is 26.2 Å². The molecule has 2 atom stereocenters. The minimum Gasteiger partial charge on any atom is -0.378 e. The molecule has 2 fully saturated rings. The van der Waals surface area contributed by atoms with E-state index < -0.39 is 0 Å². The number of aliphatic imine (C=N–C) groups is 1. The number of nitrogens with one attached hydrogen (secondary N) is 2. The number of halogens is 1. The van der Waals surface area contributed by atoms with Gasteiger partial charge in [0, 0.05) is 31.2 Å². The number of hydrogen-bond acceptors (Lipinski definition) is 4. The molecule has 2 unspecified atom stereocenters. The van der Waals surface area contributed by atoms with Gasteiger partial charge in [-0.25, -0.2) is 0 Å². The van der Waals surface area contributed by atoms with E-state index in [0.717, 1.165) is 24.7 Å². The molecule has 7 heteroatoms. The lowest BCUT2D eigenvalue weighted by Crippen LogP contribution is -2.68. The largest absolute Gasteiger partial charge is 0.378 e. The van der Waals surface area contributed by atoms with Crippen molar-refractivity contribution in [3.8, 4) is 0 Å². The van der Waals surface area contributed by atoms with Crippen molar-refractivity contribution < 1.29 is 9.26 Å². The van der Waals surface area contributed by atoms with E-state index in [1.165, 1.54) is 19.3 Å². The summed E-state index contributed by atoms with van der Waals surface area (Å²) in [5.74, 6) is 0.823. The first kappa shape index (κ1) is 17.5. The zero-order valence-electron chi connectivity index (χ0n) is 13.2. The van der Waals surface area contributed by atoms with Crippen LogP contribution in [0.2, 0.25) is 0 Å². The van der Waals surface area contributed by atoms with Crippen LogP contribution < -0.4 is 10.6 Å². The van der Waals surface area contributed by atoms with Gasteiger partial charge in [-0.2, -0.15) is 0 Å². The van der Waals surface area contributed by atoms with Crippen molar-refractivity contribution in [1.29, 1.82) is 0 Å². The van der Waals surface area contributed by atoms with Crippen molar-refractivity contribution in [3.63, 3.8) is 0 Å². The predicted octanol–water partition coefficient (Wildman–Crippen LogP) is 2.31. The minimum absolute atomic E-state index is 0. The van der Waals surface area contributed by atoms with Crippen LogP contribution in [0.1, 0.15) is 38.3 Å². The maximum atomic E-state index is 5.88. The Morgan fingerprint density at radius 3 is 2.91 bits per heavy atom. The number of nitrogens with zero attached hydrogens (tertiary/aromatic N) is 2. The molecule has 1 heterocycles. The standard InChI is InChI=1S/C15H24N4O2.HI/c1-3-20-13-9-12(15(13)6-4-7-15)18-14(16-2)17-10-11-5-8-21-19-11;/h5,8,12-13H,3-4,6-7,9-10H2,1-2H3,(H2,16,17,18);1H. The molecule has 0 aromatic carbocycles. The molecule has 0 bridgehead atoms. The van der Waals surface area contributed by atoms with Gasteiger partial charge in [-0.15, -0.1) is 24.0 Å². The smallest absolute Gasteiger partial charge is 0.191 e. The lowest BCUT2D eigenvalue weighted by atomic mass is 9.51. The first-order valence-corrected chi connectivity index (χ1v) is 7.76. The predicted molar refractivity (Wildman–Crippen MR) is 95.4 cm³/mol. The SMILES string of the molecule is CCOC1CC(NC(=NC)NCc2ccon2)C12CCC2.I. The summed E-state index contributed by atoms with van der Waals surface area (Å²) in [6.07, 6.45) is 6.90. The van der Waals surface area contributed by atoms with Crippen molar-refractivity contribution in [2.75, 3.05) is 13.7 Å². The summed E-state index contributed by atoms with van der Waals surface area (Å²) in [6, 6.07) is 2.31. The van der Waals surface area contributed by atoms with Crippen LogP contribution in [0.3, 0.4) is 0 Å². The third kappa shape index (κ3) is 3.24. The average molecular weight is 420 g/mol. The highest BCUT2D eigenvalue weighted by Gasteiger charge is 2.59. The molecule has 2 aliphatic carbocycles. The number of ether oxygens (including phenoxy) is 1. The van der Waals surface area contributed by atoms with Crippen LogP contribution >= 0.6 is 24.0 Å². The molecule has 22 heavy (non-hydrogen) atoms. The normalized spacial score (nSPS) is 25.8. The fraction of sp³-hybridized carbons (Fsp3) is 0.733. The van der Waals surface area contributed by atoms with Crippen LogP contribution in [0, 0.1) is 5.41 Å². The van der Waals surface area contributed by atoms with E-state index >= 15 is 0 Å². The second kappa shape index (κ2) is 7.63. The van der Waals surface area contributed by atoms with E-state index in [4.69, 9.17) is 9.26 Å². The summed E-state index contributed by atoms with van der Waals surface area (Å²) in [6.45, 7) is 3.49. The molecule has 0 amide bonds. The molecule has 2 N–H and O–H groups in total. The molecule has 1 spiro atoms. The Kier molecular flexibility index (Phi) is 6.08. The molecule has 0 saturated heterocycles. The van der Waals surface area contributed by atoms with Crippen LogP contribution in [0.4, 0.5) is 0 Å². The summed E-state index contributed by atoms with van der Waals surface area (Å²) in [7, 11) is 1.80. The molecule has 124 valence electrons. The highest BCUT2D eigenvalue weighted by Crippen LogP contribution is 2.57. The Bertz CT molecular complexity index is 488. The Labute approximate surface area is 148 Å². The molecular weight excluding hydrogens is 395 g/mol. The molecule has 1 aromatic heterocycles. The zero-order chi connectivity index (χ0) is 14.7. The molecule has 0 radical (unpaired) electrons. The maximum Gasteiger partial charge on any atom is 0.191 e. The lowest BCUT2D eigenvalue weighted by Gasteiger charge is -2.61. The van der Waals surface area contributed by atoms with Gasteiger partial charge in [0.25, 0.3) is 0 Å². The number of aromatic nitrogens is 1. The van der Waals surface area contributed by atoms with E-state index in [0.29, 0.717) is 24.1 Å².